The van der Waals surface area contributed by atoms with E-state index in [0.717, 1.165) is 56.4 Å². The Labute approximate surface area is 168 Å². The Hall–Kier alpha value is -1.40. The van der Waals surface area contributed by atoms with Gasteiger partial charge < -0.3 is 20.1 Å². The van der Waals surface area contributed by atoms with Gasteiger partial charge in [0.25, 0.3) is 0 Å². The number of aliphatic imine (C=N–C) groups is 1. The van der Waals surface area contributed by atoms with Gasteiger partial charge in [0.05, 0.1) is 19.8 Å². The highest BCUT2D eigenvalue weighted by atomic mass is 32.2. The molecule has 1 aliphatic rings. The summed E-state index contributed by atoms with van der Waals surface area (Å²) in [5, 5.41) is 6.76. The number of guanidine groups is 1. The van der Waals surface area contributed by atoms with E-state index in [9.17, 15) is 0 Å². The van der Waals surface area contributed by atoms with E-state index in [0.29, 0.717) is 19.1 Å². The van der Waals surface area contributed by atoms with Crippen molar-refractivity contribution < 1.29 is 9.47 Å². The Morgan fingerprint density at radius 2 is 2.22 bits per heavy atom. The molecule has 27 heavy (non-hydrogen) atoms. The van der Waals surface area contributed by atoms with Crippen molar-refractivity contribution in [1.29, 1.82) is 0 Å². The third-order valence-corrected chi connectivity index (χ3v) is 5.24. The molecule has 1 heterocycles. The summed E-state index contributed by atoms with van der Waals surface area (Å²) in [6, 6.07) is 6.37. The summed E-state index contributed by atoms with van der Waals surface area (Å²) in [7, 11) is 0. The number of nitrogens with one attached hydrogen (secondary N) is 2. The van der Waals surface area contributed by atoms with Crippen molar-refractivity contribution in [2.75, 3.05) is 44.9 Å². The quantitative estimate of drug-likeness (QED) is 0.342. The Kier molecular flexibility index (Phi) is 10.5. The first-order valence-electron chi connectivity index (χ1n) is 10.0. The lowest BCUT2D eigenvalue weighted by Crippen LogP contribution is -2.37. The van der Waals surface area contributed by atoms with Crippen LogP contribution in [-0.2, 0) is 11.3 Å². The van der Waals surface area contributed by atoms with Crippen LogP contribution in [-0.4, -0.2) is 50.9 Å². The highest BCUT2D eigenvalue weighted by molar-refractivity contribution is 7.98. The van der Waals surface area contributed by atoms with E-state index in [1.807, 2.05) is 11.8 Å². The lowest BCUT2D eigenvalue weighted by molar-refractivity contribution is 0.166. The maximum absolute atomic E-state index is 6.13. The zero-order valence-electron chi connectivity index (χ0n) is 17.1. The molecule has 1 saturated heterocycles. The molecule has 0 bridgehead atoms. The molecule has 0 aliphatic carbocycles. The molecule has 1 aromatic rings. The zero-order valence-corrected chi connectivity index (χ0v) is 17.9. The summed E-state index contributed by atoms with van der Waals surface area (Å²) in [6.45, 7) is 8.98. The molecule has 1 unspecified atom stereocenters. The van der Waals surface area contributed by atoms with Gasteiger partial charge in [-0.05, 0) is 56.7 Å². The van der Waals surface area contributed by atoms with Crippen LogP contribution in [0.2, 0.25) is 0 Å². The first-order chi connectivity index (χ1) is 13.2. The maximum atomic E-state index is 6.13. The van der Waals surface area contributed by atoms with Crippen LogP contribution in [0.3, 0.4) is 0 Å². The molecule has 1 atom stereocenters. The molecule has 1 aromatic carbocycles. The van der Waals surface area contributed by atoms with Gasteiger partial charge in [0.2, 0.25) is 0 Å². The third-order valence-electron chi connectivity index (χ3n) is 4.54. The summed E-state index contributed by atoms with van der Waals surface area (Å²) in [5.41, 5.74) is 2.33. The molecule has 2 rings (SSSR count). The lowest BCUT2D eigenvalue weighted by atomic mass is 10.1. The standard InChI is InChI=1S/C21H35N3O2S/c1-4-22-21(23-10-5-6-12-27-3)24-14-19-8-7-17(2)13-20(19)26-16-18-9-11-25-15-18/h7-8,13,18H,4-6,9-12,14-16H2,1-3H3,(H2,22,23,24). The molecule has 5 nitrogen and oxygen atoms in total. The Bertz CT molecular complexity index is 575. The molecule has 0 spiro atoms. The van der Waals surface area contributed by atoms with Crippen LogP contribution >= 0.6 is 11.8 Å². The minimum atomic E-state index is 0.502. The van der Waals surface area contributed by atoms with E-state index in [-0.39, 0.29) is 0 Å². The lowest BCUT2D eigenvalue weighted by Gasteiger charge is -2.15. The molecule has 2 N–H and O–H groups in total. The second-order valence-corrected chi connectivity index (χ2v) is 7.96. The minimum absolute atomic E-state index is 0.502. The summed E-state index contributed by atoms with van der Waals surface area (Å²) in [5.74, 6) is 3.53. The van der Waals surface area contributed by atoms with Gasteiger partial charge in [-0.15, -0.1) is 0 Å². The van der Waals surface area contributed by atoms with Crippen LogP contribution < -0.4 is 15.4 Å². The molecule has 0 amide bonds. The Morgan fingerprint density at radius 1 is 1.33 bits per heavy atom. The van der Waals surface area contributed by atoms with Gasteiger partial charge in [-0.1, -0.05) is 12.1 Å². The van der Waals surface area contributed by atoms with Crippen molar-refractivity contribution in [3.8, 4) is 5.75 Å². The van der Waals surface area contributed by atoms with E-state index in [1.54, 1.807) is 0 Å². The summed E-state index contributed by atoms with van der Waals surface area (Å²) < 4.78 is 11.6. The van der Waals surface area contributed by atoms with Gasteiger partial charge in [-0.3, -0.25) is 0 Å². The largest absolute Gasteiger partial charge is 0.493 e. The number of benzene rings is 1. The number of ether oxygens (including phenoxy) is 2. The molecule has 0 aromatic heterocycles. The molecule has 0 saturated carbocycles. The Balaban J connectivity index is 1.92. The van der Waals surface area contributed by atoms with Gasteiger partial charge in [-0.2, -0.15) is 11.8 Å². The smallest absolute Gasteiger partial charge is 0.191 e. The van der Waals surface area contributed by atoms with Gasteiger partial charge in [0.15, 0.2) is 5.96 Å². The van der Waals surface area contributed by atoms with E-state index in [1.165, 1.54) is 17.7 Å². The number of aryl methyl sites for hydroxylation is 1. The molecule has 0 radical (unpaired) electrons. The zero-order chi connectivity index (χ0) is 19.3. The minimum Gasteiger partial charge on any atom is -0.493 e. The van der Waals surface area contributed by atoms with Crippen molar-refractivity contribution in [2.45, 2.75) is 39.7 Å². The summed E-state index contributed by atoms with van der Waals surface area (Å²) in [4.78, 5) is 4.76. The highest BCUT2D eigenvalue weighted by Crippen LogP contribution is 2.23. The SMILES string of the molecule is CCNC(=NCc1ccc(C)cc1OCC1CCOC1)NCCCCSC. The second kappa shape index (κ2) is 12.9. The van der Waals surface area contributed by atoms with Gasteiger partial charge in [-0.25, -0.2) is 4.99 Å². The van der Waals surface area contributed by atoms with Crippen molar-refractivity contribution in [3.05, 3.63) is 29.3 Å². The molecule has 1 aliphatic heterocycles. The number of thioether (sulfide) groups is 1. The van der Waals surface area contributed by atoms with E-state index < -0.39 is 0 Å². The van der Waals surface area contributed by atoms with Crippen molar-refractivity contribution in [3.63, 3.8) is 0 Å². The third kappa shape index (κ3) is 8.43. The predicted octanol–water partition coefficient (Wildman–Crippen LogP) is 3.61. The van der Waals surface area contributed by atoms with Crippen LogP contribution in [0.4, 0.5) is 0 Å². The molecule has 1 fully saturated rings. The molecule has 6 heteroatoms. The first kappa shape index (κ1) is 21.9. The average molecular weight is 394 g/mol. The number of nitrogens with zero attached hydrogens (tertiary/aromatic N) is 1. The van der Waals surface area contributed by atoms with Gasteiger partial charge >= 0.3 is 0 Å². The van der Waals surface area contributed by atoms with Crippen molar-refractivity contribution in [1.82, 2.24) is 10.6 Å². The van der Waals surface area contributed by atoms with Gasteiger partial charge in [0.1, 0.15) is 5.75 Å². The topological polar surface area (TPSA) is 54.9 Å². The Morgan fingerprint density at radius 3 is 2.96 bits per heavy atom. The second-order valence-electron chi connectivity index (χ2n) is 6.97. The van der Waals surface area contributed by atoms with Crippen LogP contribution in [0.15, 0.2) is 23.2 Å². The van der Waals surface area contributed by atoms with Gasteiger partial charge in [0, 0.05) is 31.2 Å². The first-order valence-corrected chi connectivity index (χ1v) is 11.4. The number of unbranched alkanes of at least 4 members (excludes halogenated alkanes) is 1. The fourth-order valence-electron chi connectivity index (χ4n) is 2.93. The molecular formula is C21H35N3O2S. The van der Waals surface area contributed by atoms with Crippen LogP contribution in [0.5, 0.6) is 5.75 Å². The highest BCUT2D eigenvalue weighted by Gasteiger charge is 2.17. The number of hydrogen-bond acceptors (Lipinski definition) is 4. The van der Waals surface area contributed by atoms with E-state index in [2.05, 4.69) is 48.9 Å². The maximum Gasteiger partial charge on any atom is 0.191 e. The normalized spacial score (nSPS) is 17.1. The van der Waals surface area contributed by atoms with E-state index in [4.69, 9.17) is 14.5 Å². The predicted molar refractivity (Wildman–Crippen MR) is 116 cm³/mol. The molecule has 152 valence electrons. The number of rotatable bonds is 11. The average Bonchev–Trinajstić information content (AvgIpc) is 3.18. The van der Waals surface area contributed by atoms with Crippen molar-refractivity contribution in [2.24, 2.45) is 10.9 Å². The van der Waals surface area contributed by atoms with Crippen molar-refractivity contribution >= 4 is 17.7 Å². The summed E-state index contributed by atoms with van der Waals surface area (Å²) >= 11 is 1.90. The van der Waals surface area contributed by atoms with Crippen LogP contribution in [0.1, 0.15) is 37.3 Å². The number of hydrogen-bond donors (Lipinski definition) is 2. The molecular weight excluding hydrogens is 358 g/mol. The monoisotopic (exact) mass is 393 g/mol. The summed E-state index contributed by atoms with van der Waals surface area (Å²) in [6.07, 6.45) is 5.63. The van der Waals surface area contributed by atoms with Crippen LogP contribution in [0.25, 0.3) is 0 Å². The van der Waals surface area contributed by atoms with Crippen LogP contribution in [0, 0.1) is 12.8 Å². The fourth-order valence-corrected chi connectivity index (χ4v) is 3.43. The fraction of sp³-hybridized carbons (Fsp3) is 0.667. The van der Waals surface area contributed by atoms with E-state index >= 15 is 0 Å².